The molecule has 0 aromatic heterocycles. The molecule has 1 saturated carbocycles. The summed E-state index contributed by atoms with van der Waals surface area (Å²) in [6, 6.07) is 16.6. The first-order valence-electron chi connectivity index (χ1n) is 24.4. The third kappa shape index (κ3) is 15.1. The summed E-state index contributed by atoms with van der Waals surface area (Å²) < 4.78 is 42.3. The molecule has 2 aromatic rings. The Kier molecular flexibility index (Phi) is 20.5. The van der Waals surface area contributed by atoms with Gasteiger partial charge in [0.05, 0.1) is 24.4 Å². The van der Waals surface area contributed by atoms with Crippen molar-refractivity contribution in [3.05, 3.63) is 71.3 Å². The molecule has 0 spiro atoms. The molecule has 4 bridgehead atoms. The average Bonchev–Trinajstić information content (AvgIpc) is 3.34. The van der Waals surface area contributed by atoms with Crippen molar-refractivity contribution in [2.45, 2.75) is 120 Å². The highest BCUT2D eigenvalue weighted by atomic mass is 16.8. The lowest BCUT2D eigenvalue weighted by atomic mass is 9.77. The molecule has 21 heteroatoms. The van der Waals surface area contributed by atoms with Gasteiger partial charge in [0.15, 0.2) is 25.0 Å². The fourth-order valence-electron chi connectivity index (χ4n) is 9.50. The van der Waals surface area contributed by atoms with Crippen molar-refractivity contribution in [2.75, 3.05) is 78.7 Å². The summed E-state index contributed by atoms with van der Waals surface area (Å²) >= 11 is 0. The summed E-state index contributed by atoms with van der Waals surface area (Å²) in [6.45, 7) is 10.7. The van der Waals surface area contributed by atoms with Crippen LogP contribution in [0.5, 0.6) is 0 Å². The molecule has 69 heavy (non-hydrogen) atoms. The minimum atomic E-state index is -1.76. The van der Waals surface area contributed by atoms with Gasteiger partial charge in [0.1, 0.15) is 43.2 Å². The van der Waals surface area contributed by atoms with Crippen LogP contribution in [0.15, 0.2) is 54.6 Å². The number of carboxylic acids is 1. The van der Waals surface area contributed by atoms with Crippen molar-refractivity contribution in [3.63, 3.8) is 0 Å². The van der Waals surface area contributed by atoms with Crippen LogP contribution in [0.2, 0.25) is 0 Å². The van der Waals surface area contributed by atoms with Crippen LogP contribution in [0, 0.1) is 11.8 Å². The molecule has 5 fully saturated rings. The van der Waals surface area contributed by atoms with Crippen molar-refractivity contribution >= 4 is 17.8 Å². The lowest BCUT2D eigenvalue weighted by Gasteiger charge is -2.49. The number of hydrogen-bond acceptors (Lipinski definition) is 19. The molecular weight excluding hydrogens is 901 g/mol. The van der Waals surface area contributed by atoms with Gasteiger partial charge >= 0.3 is 11.9 Å². The van der Waals surface area contributed by atoms with E-state index >= 15 is 0 Å². The molecule has 14 atom stereocenters. The highest BCUT2D eigenvalue weighted by molar-refractivity contribution is 5.89. The first-order valence-corrected chi connectivity index (χ1v) is 24.4. The van der Waals surface area contributed by atoms with Crippen molar-refractivity contribution in [3.8, 4) is 0 Å². The van der Waals surface area contributed by atoms with Gasteiger partial charge in [-0.1, -0.05) is 49.4 Å². The normalized spacial score (nSPS) is 34.4. The Labute approximate surface area is 402 Å². The second kappa shape index (κ2) is 26.6. The molecule has 1 amide bonds. The Morgan fingerprint density at radius 2 is 1.41 bits per heavy atom. The van der Waals surface area contributed by atoms with Gasteiger partial charge in [-0.25, -0.2) is 9.59 Å². The number of rotatable bonds is 13. The maximum absolute atomic E-state index is 13.9. The van der Waals surface area contributed by atoms with Gasteiger partial charge in [0.2, 0.25) is 5.91 Å². The van der Waals surface area contributed by atoms with Crippen molar-refractivity contribution in [1.29, 1.82) is 0 Å². The second-order valence-corrected chi connectivity index (χ2v) is 18.6. The molecule has 7 rings (SSSR count). The van der Waals surface area contributed by atoms with E-state index in [4.69, 9.17) is 33.2 Å². The molecule has 9 unspecified atom stereocenters. The van der Waals surface area contributed by atoms with E-state index in [0.717, 1.165) is 77.3 Å². The van der Waals surface area contributed by atoms with Gasteiger partial charge in [-0.15, -0.1) is 0 Å². The van der Waals surface area contributed by atoms with Gasteiger partial charge in [0, 0.05) is 58.3 Å². The molecule has 2 aromatic carbocycles. The quantitative estimate of drug-likeness (QED) is 0.0821. The number of nitrogens with one attached hydrogen (secondary N) is 5. The van der Waals surface area contributed by atoms with Gasteiger partial charge in [-0.3, -0.25) is 9.69 Å². The van der Waals surface area contributed by atoms with E-state index in [1.54, 1.807) is 18.2 Å². The van der Waals surface area contributed by atoms with Crippen LogP contribution in [0.4, 0.5) is 0 Å². The number of aliphatic carboxylic acids is 1. The Morgan fingerprint density at radius 1 is 0.710 bits per heavy atom. The molecule has 1 aliphatic carbocycles. The zero-order valence-electron chi connectivity index (χ0n) is 39.3. The van der Waals surface area contributed by atoms with E-state index in [-0.39, 0.29) is 17.9 Å². The molecule has 384 valence electrons. The summed E-state index contributed by atoms with van der Waals surface area (Å²) in [5.74, 6) is -3.52. The standard InChI is InChI=1S/C48H72N6O15/c1-29-23-33(44(61)53-19-18-52-25-30-9-11-31(12-10-30)26-54-21-6-15-50-17-16-49-13-5-14-51-20-22-54)24-34-41(29)68-47-40(60)38(58)39(59)46(69-47)64-27-35-37(57)42(63-28-36(55)56)43(48(65-34)66-35)67-45(62)32-7-3-2-4-8-32/h2-4,7-12,29,33-35,37-43,46-52,57-60H,5-6,13-28H2,1H3,(H,53,61)(H,55,56)/t29?,33?,34-,35?,37+,38?,39+,40?,41?,42?,43?,46?,47-,48-/m1/s1. The zero-order chi connectivity index (χ0) is 48.7. The summed E-state index contributed by atoms with van der Waals surface area (Å²) in [7, 11) is 0. The van der Waals surface area contributed by atoms with E-state index in [1.165, 1.54) is 17.7 Å². The first-order chi connectivity index (χ1) is 33.4. The summed E-state index contributed by atoms with van der Waals surface area (Å²) in [5, 5.41) is 70.8. The molecule has 10 N–H and O–H groups in total. The SMILES string of the molecule is CC1CC(C(=O)NCCNCc2ccc(CN3CCCNCCNCCCNCC3)cc2)C[C@H]2O[C@@H]3OC(COC4O[C@@H](OC12)C(O)C(O)[C@@H]4O)[C@H](O)C(OCC(=O)O)C3OC(=O)c1ccccc1. The number of aliphatic hydroxyl groups is 4. The van der Waals surface area contributed by atoms with Gasteiger partial charge in [-0.2, -0.15) is 0 Å². The van der Waals surface area contributed by atoms with Crippen LogP contribution in [0.1, 0.15) is 54.1 Å². The Bertz CT molecular complexity index is 1880. The van der Waals surface area contributed by atoms with Crippen LogP contribution in [-0.2, 0) is 55.8 Å². The lowest BCUT2D eigenvalue weighted by Crippen LogP contribution is -2.65. The maximum atomic E-state index is 13.9. The summed E-state index contributed by atoms with van der Waals surface area (Å²) in [6.07, 6.45) is -15.4. The summed E-state index contributed by atoms with van der Waals surface area (Å²) in [5.41, 5.74) is 2.52. The Balaban J connectivity index is 0.986. The molecule has 4 aliphatic heterocycles. The maximum Gasteiger partial charge on any atom is 0.338 e. The first kappa shape index (κ1) is 53.1. The number of carbonyl (C=O) groups is 3. The Hall–Kier alpha value is -3.75. The van der Waals surface area contributed by atoms with E-state index in [2.05, 4.69) is 55.7 Å². The molecule has 0 radical (unpaired) electrons. The fraction of sp³-hybridized carbons (Fsp3) is 0.688. The average molecular weight is 973 g/mol. The molecular formula is C48H72N6O15. The highest BCUT2D eigenvalue weighted by Gasteiger charge is 2.54. The highest BCUT2D eigenvalue weighted by Crippen LogP contribution is 2.39. The molecule has 4 heterocycles. The summed E-state index contributed by atoms with van der Waals surface area (Å²) in [4.78, 5) is 41.7. The van der Waals surface area contributed by atoms with Gasteiger partial charge < -0.3 is 85.3 Å². The third-order valence-electron chi connectivity index (χ3n) is 13.3. The molecule has 21 nitrogen and oxygen atoms in total. The van der Waals surface area contributed by atoms with Crippen LogP contribution in [-0.4, -0.2) is 201 Å². The predicted octanol–water partition coefficient (Wildman–Crippen LogP) is -1.35. The van der Waals surface area contributed by atoms with E-state index in [0.29, 0.717) is 26.1 Å². The number of nitrogens with zero attached hydrogens (tertiary/aromatic N) is 1. The van der Waals surface area contributed by atoms with E-state index in [9.17, 15) is 39.9 Å². The van der Waals surface area contributed by atoms with Gasteiger partial charge in [-0.05, 0) is 81.0 Å². The number of aliphatic hydroxyl groups excluding tert-OH is 4. The lowest BCUT2D eigenvalue weighted by molar-refractivity contribution is -0.390. The number of fused-ring (bicyclic) bond motifs is 5. The zero-order valence-corrected chi connectivity index (χ0v) is 39.3. The smallest absolute Gasteiger partial charge is 0.338 e. The third-order valence-corrected chi connectivity index (χ3v) is 13.3. The number of amides is 1. The number of carboxylic acid groups (broad SMARTS) is 1. The number of ether oxygens (including phenoxy) is 7. The van der Waals surface area contributed by atoms with Crippen molar-refractivity contribution < 1.29 is 73.1 Å². The van der Waals surface area contributed by atoms with Crippen LogP contribution in [0.3, 0.4) is 0 Å². The van der Waals surface area contributed by atoms with Gasteiger partial charge in [0.25, 0.3) is 0 Å². The van der Waals surface area contributed by atoms with E-state index < -0.39 is 111 Å². The molecule has 4 saturated heterocycles. The number of hydrogen-bond donors (Lipinski definition) is 10. The predicted molar refractivity (Wildman–Crippen MR) is 246 cm³/mol. The van der Waals surface area contributed by atoms with Crippen molar-refractivity contribution in [1.82, 2.24) is 31.5 Å². The minimum absolute atomic E-state index is 0.0458. The van der Waals surface area contributed by atoms with Crippen LogP contribution >= 0.6 is 0 Å². The second-order valence-electron chi connectivity index (χ2n) is 18.6. The number of esters is 1. The monoisotopic (exact) mass is 973 g/mol. The number of benzene rings is 2. The minimum Gasteiger partial charge on any atom is -0.480 e. The van der Waals surface area contributed by atoms with Crippen LogP contribution < -0.4 is 26.6 Å². The fourth-order valence-corrected chi connectivity index (χ4v) is 9.50. The Morgan fingerprint density at radius 3 is 2.16 bits per heavy atom. The molecule has 5 aliphatic rings. The largest absolute Gasteiger partial charge is 0.480 e. The van der Waals surface area contributed by atoms with Crippen molar-refractivity contribution in [2.24, 2.45) is 11.8 Å². The number of carbonyl (C=O) groups excluding carboxylic acids is 2. The van der Waals surface area contributed by atoms with Crippen LogP contribution in [0.25, 0.3) is 0 Å². The van der Waals surface area contributed by atoms with E-state index in [1.807, 2.05) is 6.92 Å². The topological polar surface area (TPSA) is 280 Å².